The molecular weight excluding hydrogens is 246 g/mol. The van der Waals surface area contributed by atoms with Gasteiger partial charge in [0.2, 0.25) is 0 Å². The first-order valence-corrected chi connectivity index (χ1v) is 6.63. The second kappa shape index (κ2) is 5.28. The SMILES string of the molecule is Cc1nc(S(N)(=O)=O)cn1CCCCC(=O)O. The van der Waals surface area contributed by atoms with Crippen LogP contribution in [0, 0.1) is 6.92 Å². The molecule has 17 heavy (non-hydrogen) atoms. The number of aryl methyl sites for hydroxylation is 2. The minimum absolute atomic E-state index is 0.107. The summed E-state index contributed by atoms with van der Waals surface area (Å²) in [4.78, 5) is 14.1. The van der Waals surface area contributed by atoms with Crippen LogP contribution in [0.1, 0.15) is 25.1 Å². The second-order valence-corrected chi connectivity index (χ2v) is 5.22. The molecule has 0 aliphatic carbocycles. The van der Waals surface area contributed by atoms with Gasteiger partial charge < -0.3 is 9.67 Å². The van der Waals surface area contributed by atoms with Crippen molar-refractivity contribution >= 4 is 16.0 Å². The molecule has 0 bridgehead atoms. The van der Waals surface area contributed by atoms with Crippen molar-refractivity contribution < 1.29 is 18.3 Å². The smallest absolute Gasteiger partial charge is 0.303 e. The second-order valence-electron chi connectivity index (χ2n) is 3.72. The molecule has 0 amide bonds. The van der Waals surface area contributed by atoms with E-state index >= 15 is 0 Å². The lowest BCUT2D eigenvalue weighted by Gasteiger charge is -2.02. The highest BCUT2D eigenvalue weighted by atomic mass is 32.2. The van der Waals surface area contributed by atoms with Gasteiger partial charge >= 0.3 is 5.97 Å². The zero-order valence-corrected chi connectivity index (χ0v) is 10.3. The summed E-state index contributed by atoms with van der Waals surface area (Å²) in [6, 6.07) is 0. The minimum Gasteiger partial charge on any atom is -0.481 e. The van der Waals surface area contributed by atoms with Crippen molar-refractivity contribution in [2.24, 2.45) is 5.14 Å². The van der Waals surface area contributed by atoms with E-state index in [9.17, 15) is 13.2 Å². The fourth-order valence-corrected chi connectivity index (χ4v) is 1.93. The van der Waals surface area contributed by atoms with E-state index in [0.717, 1.165) is 0 Å². The number of sulfonamides is 1. The molecule has 1 aromatic rings. The van der Waals surface area contributed by atoms with Gasteiger partial charge in [0, 0.05) is 19.2 Å². The third-order valence-corrected chi connectivity index (χ3v) is 3.06. The van der Waals surface area contributed by atoms with Gasteiger partial charge in [-0.3, -0.25) is 4.79 Å². The van der Waals surface area contributed by atoms with Gasteiger partial charge in [-0.05, 0) is 19.8 Å². The molecule has 3 N–H and O–H groups in total. The Bertz CT molecular complexity index is 506. The number of imidazole rings is 1. The average molecular weight is 261 g/mol. The van der Waals surface area contributed by atoms with Crippen LogP contribution in [-0.2, 0) is 21.4 Å². The number of nitrogens with zero attached hydrogens (tertiary/aromatic N) is 2. The first kappa shape index (κ1) is 13.7. The number of hydrogen-bond acceptors (Lipinski definition) is 4. The Kier molecular flexibility index (Phi) is 4.24. The molecule has 0 aliphatic rings. The highest BCUT2D eigenvalue weighted by Crippen LogP contribution is 2.09. The Labute approximate surface area is 99.3 Å². The molecule has 0 radical (unpaired) electrons. The number of unbranched alkanes of at least 4 members (excludes halogenated alkanes) is 1. The van der Waals surface area contributed by atoms with Crippen LogP contribution in [0.2, 0.25) is 0 Å². The van der Waals surface area contributed by atoms with Crippen LogP contribution < -0.4 is 5.14 Å². The summed E-state index contributed by atoms with van der Waals surface area (Å²) in [6.07, 6.45) is 2.66. The predicted molar refractivity (Wildman–Crippen MR) is 59.8 cm³/mol. The van der Waals surface area contributed by atoms with Gasteiger partial charge in [-0.2, -0.15) is 0 Å². The zero-order valence-electron chi connectivity index (χ0n) is 9.46. The normalized spacial score (nSPS) is 11.6. The molecule has 1 aromatic heterocycles. The van der Waals surface area contributed by atoms with Gasteiger partial charge in [0.15, 0.2) is 5.03 Å². The van der Waals surface area contributed by atoms with Crippen LogP contribution in [0.3, 0.4) is 0 Å². The summed E-state index contributed by atoms with van der Waals surface area (Å²) in [5, 5.41) is 13.3. The zero-order chi connectivity index (χ0) is 13.1. The van der Waals surface area contributed by atoms with Crippen molar-refractivity contribution in [2.45, 2.75) is 37.8 Å². The van der Waals surface area contributed by atoms with Crippen LogP contribution in [0.15, 0.2) is 11.2 Å². The molecule has 0 fully saturated rings. The van der Waals surface area contributed by atoms with Crippen molar-refractivity contribution in [1.29, 1.82) is 0 Å². The molecule has 0 saturated heterocycles. The maximum absolute atomic E-state index is 11.0. The molecule has 1 rings (SSSR count). The predicted octanol–water partition coefficient (Wildman–Crippen LogP) is 0.0938. The Morgan fingerprint density at radius 3 is 2.65 bits per heavy atom. The lowest BCUT2D eigenvalue weighted by Crippen LogP contribution is -2.12. The molecule has 8 heteroatoms. The van der Waals surface area contributed by atoms with Gasteiger partial charge in [0.25, 0.3) is 10.0 Å². The van der Waals surface area contributed by atoms with Crippen LogP contribution in [0.4, 0.5) is 0 Å². The molecule has 0 unspecified atom stereocenters. The van der Waals surface area contributed by atoms with Gasteiger partial charge in [-0.25, -0.2) is 18.5 Å². The third-order valence-electron chi connectivity index (χ3n) is 2.29. The van der Waals surface area contributed by atoms with Gasteiger partial charge in [0.1, 0.15) is 5.82 Å². The summed E-state index contributed by atoms with van der Waals surface area (Å²) < 4.78 is 23.7. The molecule has 7 nitrogen and oxygen atoms in total. The number of hydrogen-bond donors (Lipinski definition) is 2. The van der Waals surface area contributed by atoms with Crippen molar-refractivity contribution in [3.8, 4) is 0 Å². The number of carboxylic acid groups (broad SMARTS) is 1. The monoisotopic (exact) mass is 261 g/mol. The maximum atomic E-state index is 11.0. The first-order valence-electron chi connectivity index (χ1n) is 5.09. The van der Waals surface area contributed by atoms with Crippen LogP contribution in [-0.4, -0.2) is 29.0 Å². The van der Waals surface area contributed by atoms with Crippen LogP contribution in [0.25, 0.3) is 0 Å². The Balaban J connectivity index is 2.61. The number of primary sulfonamides is 1. The van der Waals surface area contributed by atoms with Crippen LogP contribution in [0.5, 0.6) is 0 Å². The number of carboxylic acids is 1. The molecule has 0 aromatic carbocycles. The molecular formula is C9H15N3O4S. The lowest BCUT2D eigenvalue weighted by molar-refractivity contribution is -0.137. The quantitative estimate of drug-likeness (QED) is 0.704. The van der Waals surface area contributed by atoms with Gasteiger partial charge in [-0.1, -0.05) is 0 Å². The highest BCUT2D eigenvalue weighted by Gasteiger charge is 2.13. The number of carbonyl (C=O) groups is 1. The topological polar surface area (TPSA) is 115 Å². The van der Waals surface area contributed by atoms with E-state index in [1.807, 2.05) is 0 Å². The first-order chi connectivity index (χ1) is 7.80. The number of rotatable bonds is 6. The van der Waals surface area contributed by atoms with E-state index in [2.05, 4.69) is 4.98 Å². The minimum atomic E-state index is -3.77. The molecule has 0 aliphatic heterocycles. The summed E-state index contributed by atoms with van der Waals surface area (Å²) in [5.41, 5.74) is 0. The fourth-order valence-electron chi connectivity index (χ4n) is 1.40. The van der Waals surface area contributed by atoms with Gasteiger partial charge in [-0.15, -0.1) is 0 Å². The van der Waals surface area contributed by atoms with E-state index in [1.165, 1.54) is 6.20 Å². The van der Waals surface area contributed by atoms with E-state index in [4.69, 9.17) is 10.2 Å². The largest absolute Gasteiger partial charge is 0.481 e. The molecule has 0 spiro atoms. The lowest BCUT2D eigenvalue weighted by atomic mass is 10.2. The summed E-state index contributed by atoms with van der Waals surface area (Å²) in [6.45, 7) is 2.20. The summed E-state index contributed by atoms with van der Waals surface area (Å²) >= 11 is 0. The van der Waals surface area contributed by atoms with Crippen LogP contribution >= 0.6 is 0 Å². The Hall–Kier alpha value is -1.41. The highest BCUT2D eigenvalue weighted by molar-refractivity contribution is 7.89. The van der Waals surface area contributed by atoms with E-state index < -0.39 is 16.0 Å². The molecule has 0 saturated carbocycles. The van der Waals surface area contributed by atoms with E-state index in [0.29, 0.717) is 25.2 Å². The number of nitrogens with two attached hydrogens (primary N) is 1. The Morgan fingerprint density at radius 1 is 1.53 bits per heavy atom. The van der Waals surface area contributed by atoms with E-state index in [1.54, 1.807) is 11.5 Å². The van der Waals surface area contributed by atoms with Crippen molar-refractivity contribution in [1.82, 2.24) is 9.55 Å². The van der Waals surface area contributed by atoms with Crippen molar-refractivity contribution in [3.05, 3.63) is 12.0 Å². The van der Waals surface area contributed by atoms with Crippen molar-refractivity contribution in [2.75, 3.05) is 0 Å². The Morgan fingerprint density at radius 2 is 2.18 bits per heavy atom. The number of aliphatic carboxylic acids is 1. The summed E-state index contributed by atoms with van der Waals surface area (Å²) in [7, 11) is -3.77. The fraction of sp³-hybridized carbons (Fsp3) is 0.556. The molecule has 1 heterocycles. The van der Waals surface area contributed by atoms with E-state index in [-0.39, 0.29) is 11.4 Å². The maximum Gasteiger partial charge on any atom is 0.303 e. The summed E-state index contributed by atoms with van der Waals surface area (Å²) in [5.74, 6) is -0.290. The standard InChI is InChI=1S/C9H15N3O4S/c1-7-11-8(17(10,15)16)6-12(7)5-3-2-4-9(13)14/h6H,2-5H2,1H3,(H,13,14)(H2,10,15,16). The third kappa shape index (κ3) is 4.16. The average Bonchev–Trinajstić information content (AvgIpc) is 2.54. The molecule has 0 atom stereocenters. The molecule has 96 valence electrons. The number of aromatic nitrogens is 2. The van der Waals surface area contributed by atoms with Crippen molar-refractivity contribution in [3.63, 3.8) is 0 Å². The van der Waals surface area contributed by atoms with Gasteiger partial charge in [0.05, 0.1) is 0 Å².